The van der Waals surface area contributed by atoms with Gasteiger partial charge in [0.2, 0.25) is 0 Å². The van der Waals surface area contributed by atoms with Crippen LogP contribution in [0.2, 0.25) is 5.02 Å². The second kappa shape index (κ2) is 4.71. The van der Waals surface area contributed by atoms with Crippen molar-refractivity contribution in [2.45, 2.75) is 25.9 Å². The Kier molecular flexibility index (Phi) is 3.42. The van der Waals surface area contributed by atoms with Crippen LogP contribution in [0.15, 0.2) is 42.0 Å². The summed E-state index contributed by atoms with van der Waals surface area (Å²) >= 11 is 6.04. The quantitative estimate of drug-likeness (QED) is 0.829. The fraction of sp³-hybridized carbons (Fsp3) is 0.267. The Labute approximate surface area is 112 Å². The van der Waals surface area contributed by atoms with Gasteiger partial charge in [-0.05, 0) is 32.4 Å². The molecule has 0 radical (unpaired) electrons. The molecule has 0 heterocycles. The molecule has 0 spiro atoms. The zero-order valence-electron chi connectivity index (χ0n) is 10.4. The zero-order chi connectivity index (χ0) is 13.3. The van der Waals surface area contributed by atoms with Gasteiger partial charge in [-0.3, -0.25) is 4.79 Å². The van der Waals surface area contributed by atoms with Gasteiger partial charge in [-0.1, -0.05) is 41.5 Å². The number of carbonyl (C=O) groups is 1. The molecular formula is C15H15ClO2. The van der Waals surface area contributed by atoms with E-state index in [1.54, 1.807) is 37.3 Å². The lowest BCUT2D eigenvalue weighted by atomic mass is 9.90. The highest BCUT2D eigenvalue weighted by Crippen LogP contribution is 2.25. The number of rotatable bonds is 2. The molecule has 0 fully saturated rings. The molecule has 1 aliphatic carbocycles. The monoisotopic (exact) mass is 262 g/mol. The molecule has 0 amide bonds. The molecule has 1 N–H and O–H groups in total. The van der Waals surface area contributed by atoms with Crippen LogP contribution in [0.4, 0.5) is 0 Å². The molecule has 1 atom stereocenters. The van der Waals surface area contributed by atoms with Crippen LogP contribution in [0.5, 0.6) is 0 Å². The van der Waals surface area contributed by atoms with Crippen LogP contribution in [-0.4, -0.2) is 16.5 Å². The third-order valence-electron chi connectivity index (χ3n) is 2.99. The largest absolute Gasteiger partial charge is 0.386 e. The van der Waals surface area contributed by atoms with Gasteiger partial charge < -0.3 is 5.11 Å². The van der Waals surface area contributed by atoms with E-state index in [9.17, 15) is 9.90 Å². The van der Waals surface area contributed by atoms with Crippen LogP contribution >= 0.6 is 11.6 Å². The van der Waals surface area contributed by atoms with Gasteiger partial charge in [0.25, 0.3) is 0 Å². The summed E-state index contributed by atoms with van der Waals surface area (Å²) in [5.41, 5.74) is 1.22. The fourth-order valence-corrected chi connectivity index (χ4v) is 2.06. The maximum absolute atomic E-state index is 12.3. The molecule has 0 bridgehead atoms. The Morgan fingerprint density at radius 1 is 1.44 bits per heavy atom. The highest BCUT2D eigenvalue weighted by molar-refractivity contribution is 6.35. The van der Waals surface area contributed by atoms with Crippen molar-refractivity contribution in [3.63, 3.8) is 0 Å². The number of halogens is 1. The molecule has 1 unspecified atom stereocenters. The van der Waals surface area contributed by atoms with Crippen LogP contribution in [0.3, 0.4) is 0 Å². The zero-order valence-corrected chi connectivity index (χ0v) is 11.2. The molecule has 0 aromatic heterocycles. The molecule has 0 saturated carbocycles. The summed E-state index contributed by atoms with van der Waals surface area (Å²) in [4.78, 5) is 12.3. The number of hydrogen-bond donors (Lipinski definition) is 1. The van der Waals surface area contributed by atoms with Crippen LogP contribution in [0.25, 0.3) is 0 Å². The minimum atomic E-state index is -0.861. The van der Waals surface area contributed by atoms with E-state index in [0.29, 0.717) is 22.6 Å². The lowest BCUT2D eigenvalue weighted by molar-refractivity contribution is 0.102. The lowest BCUT2D eigenvalue weighted by Crippen LogP contribution is -2.22. The predicted octanol–water partition coefficient (Wildman–Crippen LogP) is 3.47. The predicted molar refractivity (Wildman–Crippen MR) is 73.0 cm³/mol. The first-order chi connectivity index (χ1) is 8.39. The maximum Gasteiger partial charge on any atom is 0.194 e. The summed E-state index contributed by atoms with van der Waals surface area (Å²) in [5, 5.41) is 10.2. The van der Waals surface area contributed by atoms with Crippen LogP contribution in [0.1, 0.15) is 29.3 Å². The number of aliphatic hydroxyl groups is 1. The van der Waals surface area contributed by atoms with Crippen molar-refractivity contribution in [2.75, 3.05) is 0 Å². The van der Waals surface area contributed by atoms with Gasteiger partial charge in [0.15, 0.2) is 5.78 Å². The molecule has 1 aromatic rings. The second-order valence-electron chi connectivity index (χ2n) is 4.87. The fourth-order valence-electron chi connectivity index (χ4n) is 1.86. The number of hydrogen-bond acceptors (Lipinski definition) is 2. The lowest BCUT2D eigenvalue weighted by Gasteiger charge is -2.21. The molecule has 2 nitrogen and oxygen atoms in total. The summed E-state index contributed by atoms with van der Waals surface area (Å²) in [5.74, 6) is -0.101. The molecule has 0 aliphatic heterocycles. The number of Topliss-reactive ketones (excluding diaryl/α,β-unsaturated/α-hetero) is 1. The number of carbonyl (C=O) groups excluding carboxylic acids is 1. The third-order valence-corrected chi connectivity index (χ3v) is 3.32. The van der Waals surface area contributed by atoms with E-state index in [1.165, 1.54) is 0 Å². The van der Waals surface area contributed by atoms with Crippen LogP contribution in [0, 0.1) is 6.92 Å². The second-order valence-corrected chi connectivity index (χ2v) is 5.27. The Morgan fingerprint density at radius 3 is 2.78 bits per heavy atom. The van der Waals surface area contributed by atoms with Gasteiger partial charge in [-0.15, -0.1) is 0 Å². The summed E-state index contributed by atoms with van der Waals surface area (Å²) in [6, 6.07) is 5.38. The molecule has 1 aromatic carbocycles. The van der Waals surface area contributed by atoms with Crippen molar-refractivity contribution in [1.29, 1.82) is 0 Å². The molecule has 2 rings (SSSR count). The minimum Gasteiger partial charge on any atom is -0.386 e. The van der Waals surface area contributed by atoms with Gasteiger partial charge in [0, 0.05) is 11.1 Å². The highest BCUT2D eigenvalue weighted by Gasteiger charge is 2.22. The molecule has 18 heavy (non-hydrogen) atoms. The van der Waals surface area contributed by atoms with Crippen molar-refractivity contribution in [1.82, 2.24) is 0 Å². The first-order valence-corrected chi connectivity index (χ1v) is 6.19. The first-order valence-electron chi connectivity index (χ1n) is 5.82. The van der Waals surface area contributed by atoms with Crippen molar-refractivity contribution < 1.29 is 9.90 Å². The van der Waals surface area contributed by atoms with E-state index in [1.807, 2.05) is 13.0 Å². The maximum atomic E-state index is 12.3. The van der Waals surface area contributed by atoms with Gasteiger partial charge >= 0.3 is 0 Å². The average Bonchev–Trinajstić information content (AvgIpc) is 2.31. The summed E-state index contributed by atoms with van der Waals surface area (Å²) in [7, 11) is 0. The summed E-state index contributed by atoms with van der Waals surface area (Å²) in [6.45, 7) is 3.63. The van der Waals surface area contributed by atoms with Gasteiger partial charge in [0.05, 0.1) is 10.6 Å². The van der Waals surface area contributed by atoms with Crippen LogP contribution < -0.4 is 0 Å². The number of benzene rings is 1. The van der Waals surface area contributed by atoms with Gasteiger partial charge in [0.1, 0.15) is 0 Å². The standard InChI is InChI=1S/C15H15ClO2/c1-10-3-4-13(16)12(9-10)14(17)11-5-7-15(2,18)8-6-11/h3-7,9,18H,8H2,1-2H3. The van der Waals surface area contributed by atoms with E-state index in [-0.39, 0.29) is 5.78 Å². The van der Waals surface area contributed by atoms with Crippen molar-refractivity contribution in [2.24, 2.45) is 0 Å². The smallest absolute Gasteiger partial charge is 0.194 e. The summed E-state index contributed by atoms with van der Waals surface area (Å²) < 4.78 is 0. The SMILES string of the molecule is Cc1ccc(Cl)c(C(=O)C2=CCC(C)(O)C=C2)c1. The van der Waals surface area contributed by atoms with E-state index < -0.39 is 5.60 Å². The third kappa shape index (κ3) is 2.71. The molecule has 0 saturated heterocycles. The van der Waals surface area contributed by atoms with Crippen molar-refractivity contribution in [3.05, 3.63) is 58.1 Å². The Hall–Kier alpha value is -1.38. The van der Waals surface area contributed by atoms with Crippen molar-refractivity contribution in [3.8, 4) is 0 Å². The van der Waals surface area contributed by atoms with E-state index in [0.717, 1.165) is 5.56 Å². The molecule has 94 valence electrons. The average molecular weight is 263 g/mol. The Morgan fingerprint density at radius 2 is 2.17 bits per heavy atom. The van der Waals surface area contributed by atoms with Crippen molar-refractivity contribution >= 4 is 17.4 Å². The number of aryl methyl sites for hydroxylation is 1. The van der Waals surface area contributed by atoms with E-state index in [2.05, 4.69) is 0 Å². The first kappa shape index (κ1) is 13.1. The number of allylic oxidation sites excluding steroid dienone is 2. The molecular weight excluding hydrogens is 248 g/mol. The Bertz CT molecular complexity index is 554. The minimum absolute atomic E-state index is 0.101. The highest BCUT2D eigenvalue weighted by atomic mass is 35.5. The molecule has 1 aliphatic rings. The topological polar surface area (TPSA) is 37.3 Å². The van der Waals surface area contributed by atoms with Gasteiger partial charge in [-0.25, -0.2) is 0 Å². The molecule has 3 heteroatoms. The summed E-state index contributed by atoms with van der Waals surface area (Å²) in [6.07, 6.45) is 5.49. The van der Waals surface area contributed by atoms with Crippen LogP contribution in [-0.2, 0) is 0 Å². The van der Waals surface area contributed by atoms with Gasteiger partial charge in [-0.2, -0.15) is 0 Å². The number of ketones is 1. The van der Waals surface area contributed by atoms with E-state index >= 15 is 0 Å². The Balaban J connectivity index is 2.31. The normalized spacial score (nSPS) is 22.8. The van der Waals surface area contributed by atoms with E-state index in [4.69, 9.17) is 11.6 Å².